The van der Waals surface area contributed by atoms with E-state index in [1.54, 1.807) is 24.3 Å². The predicted octanol–water partition coefficient (Wildman–Crippen LogP) is 1.35. The molecule has 2 radical (unpaired) electrons. The van der Waals surface area contributed by atoms with Gasteiger partial charge in [0.1, 0.15) is 7.85 Å². The first-order valence-corrected chi connectivity index (χ1v) is 5.51. The molecule has 0 spiro atoms. The van der Waals surface area contributed by atoms with Crippen molar-refractivity contribution >= 4 is 19.2 Å². The van der Waals surface area contributed by atoms with Crippen LogP contribution in [0.5, 0.6) is 0 Å². The lowest BCUT2D eigenvalue weighted by molar-refractivity contribution is -0.0494. The lowest BCUT2D eigenvalue weighted by atomic mass is 9.95. The van der Waals surface area contributed by atoms with E-state index in [0.29, 0.717) is 11.0 Å². The van der Waals surface area contributed by atoms with Gasteiger partial charge in [0, 0.05) is 31.5 Å². The number of likely N-dealkylation sites (tertiary alicyclic amines) is 1. The summed E-state index contributed by atoms with van der Waals surface area (Å²) in [5, 5.41) is 0. The summed E-state index contributed by atoms with van der Waals surface area (Å²) >= 11 is 0. The molecule has 1 saturated heterocycles. The van der Waals surface area contributed by atoms with Gasteiger partial charge in [0.2, 0.25) is 0 Å². The monoisotopic (exact) mass is 235 g/mol. The van der Waals surface area contributed by atoms with E-state index < -0.39 is 5.92 Å². The fourth-order valence-electron chi connectivity index (χ4n) is 1.85. The van der Waals surface area contributed by atoms with Crippen LogP contribution in [0.1, 0.15) is 23.2 Å². The van der Waals surface area contributed by atoms with Crippen molar-refractivity contribution in [2.45, 2.75) is 18.8 Å². The molecule has 0 aliphatic carbocycles. The largest absolute Gasteiger partial charge is 0.338 e. The minimum Gasteiger partial charge on any atom is -0.338 e. The number of carbonyl (C=O) groups is 1. The van der Waals surface area contributed by atoms with Crippen LogP contribution in [0.25, 0.3) is 0 Å². The van der Waals surface area contributed by atoms with E-state index in [0.717, 1.165) is 0 Å². The van der Waals surface area contributed by atoms with Crippen LogP contribution in [0.4, 0.5) is 8.78 Å². The van der Waals surface area contributed by atoms with Gasteiger partial charge in [-0.05, 0) is 0 Å². The van der Waals surface area contributed by atoms with Crippen LogP contribution < -0.4 is 5.46 Å². The Kier molecular flexibility index (Phi) is 3.18. The molecule has 2 rings (SSSR count). The Bertz CT molecular complexity index is 409. The molecule has 1 fully saturated rings. The van der Waals surface area contributed by atoms with Gasteiger partial charge in [-0.3, -0.25) is 4.79 Å². The number of halogens is 2. The van der Waals surface area contributed by atoms with Gasteiger partial charge in [-0.25, -0.2) is 8.78 Å². The number of rotatable bonds is 1. The van der Waals surface area contributed by atoms with Gasteiger partial charge in [-0.2, -0.15) is 0 Å². The van der Waals surface area contributed by atoms with Gasteiger partial charge in [-0.15, -0.1) is 0 Å². The van der Waals surface area contributed by atoms with Gasteiger partial charge < -0.3 is 4.90 Å². The number of amides is 1. The highest BCUT2D eigenvalue weighted by atomic mass is 19.3. The normalized spacial score (nSPS) is 19.1. The van der Waals surface area contributed by atoms with Gasteiger partial charge in [0.25, 0.3) is 11.8 Å². The van der Waals surface area contributed by atoms with E-state index >= 15 is 0 Å². The summed E-state index contributed by atoms with van der Waals surface area (Å²) in [7, 11) is 5.52. The fraction of sp³-hybridized carbons (Fsp3) is 0.417. The van der Waals surface area contributed by atoms with Gasteiger partial charge >= 0.3 is 0 Å². The van der Waals surface area contributed by atoms with E-state index in [1.807, 2.05) is 0 Å². The molecule has 0 unspecified atom stereocenters. The molecule has 1 aliphatic rings. The third-order valence-corrected chi connectivity index (χ3v) is 2.94. The second-order valence-electron chi connectivity index (χ2n) is 4.27. The summed E-state index contributed by atoms with van der Waals surface area (Å²) in [6.45, 7) is 0.215. The number of carbonyl (C=O) groups excluding carboxylic acids is 1. The number of hydrogen-bond acceptors (Lipinski definition) is 1. The van der Waals surface area contributed by atoms with Crippen molar-refractivity contribution < 1.29 is 13.6 Å². The topological polar surface area (TPSA) is 20.3 Å². The smallest absolute Gasteiger partial charge is 0.253 e. The standard InChI is InChI=1S/C12H12BF2NO/c13-10-3-1-9(2-4-10)11(17)16-7-5-12(14,15)6-8-16/h1-4H,5-8H2. The SMILES string of the molecule is [B]c1ccc(C(=O)N2CCC(F)(F)CC2)cc1. The van der Waals surface area contributed by atoms with Crippen LogP contribution in [0.3, 0.4) is 0 Å². The molecule has 1 aromatic carbocycles. The van der Waals surface area contributed by atoms with Gasteiger partial charge in [-0.1, -0.05) is 29.7 Å². The summed E-state index contributed by atoms with van der Waals surface area (Å²) in [6.07, 6.45) is -0.512. The maximum absolute atomic E-state index is 12.9. The number of nitrogens with zero attached hydrogens (tertiary/aromatic N) is 1. The molecular weight excluding hydrogens is 223 g/mol. The molecule has 0 N–H and O–H groups in total. The zero-order valence-corrected chi connectivity index (χ0v) is 9.33. The van der Waals surface area contributed by atoms with Crippen molar-refractivity contribution in [1.82, 2.24) is 4.90 Å². The zero-order chi connectivity index (χ0) is 12.5. The van der Waals surface area contributed by atoms with Crippen LogP contribution in [0.15, 0.2) is 24.3 Å². The van der Waals surface area contributed by atoms with Gasteiger partial charge in [0.05, 0.1) is 0 Å². The molecule has 17 heavy (non-hydrogen) atoms. The third-order valence-electron chi connectivity index (χ3n) is 2.94. The number of piperidine rings is 1. The molecule has 1 aromatic rings. The first-order valence-electron chi connectivity index (χ1n) is 5.51. The summed E-state index contributed by atoms with van der Waals surface area (Å²) in [5.74, 6) is -2.83. The van der Waals surface area contributed by atoms with Crippen LogP contribution in [0, 0.1) is 0 Å². The Morgan fingerprint density at radius 3 is 2.24 bits per heavy atom. The average Bonchev–Trinajstić information content (AvgIpc) is 2.29. The molecule has 2 nitrogen and oxygen atoms in total. The van der Waals surface area contributed by atoms with Crippen LogP contribution in [-0.2, 0) is 0 Å². The maximum atomic E-state index is 12.9. The quantitative estimate of drug-likeness (QED) is 0.673. The molecule has 0 bridgehead atoms. The van der Waals surface area contributed by atoms with Gasteiger partial charge in [0.15, 0.2) is 0 Å². The van der Waals surface area contributed by atoms with Crippen LogP contribution in [0.2, 0.25) is 0 Å². The molecule has 0 saturated carbocycles. The molecule has 88 valence electrons. The highest BCUT2D eigenvalue weighted by Gasteiger charge is 2.35. The number of hydrogen-bond donors (Lipinski definition) is 0. The Labute approximate surface area is 100 Å². The Hall–Kier alpha value is -1.39. The predicted molar refractivity (Wildman–Crippen MR) is 61.9 cm³/mol. The van der Waals surface area contributed by atoms with Crippen molar-refractivity contribution in [3.8, 4) is 0 Å². The van der Waals surface area contributed by atoms with E-state index in [2.05, 4.69) is 0 Å². The molecule has 1 amide bonds. The third kappa shape index (κ3) is 2.84. The first kappa shape index (κ1) is 12.1. The lowest BCUT2D eigenvalue weighted by Gasteiger charge is -2.31. The minimum atomic E-state index is -2.63. The summed E-state index contributed by atoms with van der Waals surface area (Å²) in [4.78, 5) is 13.4. The molecular formula is C12H12BF2NO. The highest BCUT2D eigenvalue weighted by Crippen LogP contribution is 2.28. The fourth-order valence-corrected chi connectivity index (χ4v) is 1.85. The van der Waals surface area contributed by atoms with Crippen molar-refractivity contribution in [1.29, 1.82) is 0 Å². The summed E-state index contributed by atoms with van der Waals surface area (Å²) < 4.78 is 25.9. The Morgan fingerprint density at radius 1 is 1.18 bits per heavy atom. The Balaban J connectivity index is 2.04. The molecule has 5 heteroatoms. The molecule has 1 aliphatic heterocycles. The highest BCUT2D eigenvalue weighted by molar-refractivity contribution is 6.32. The average molecular weight is 235 g/mol. The van der Waals surface area contributed by atoms with Crippen molar-refractivity contribution in [3.05, 3.63) is 29.8 Å². The summed E-state index contributed by atoms with van der Waals surface area (Å²) in [6, 6.07) is 6.49. The van der Waals surface area contributed by atoms with E-state index in [1.165, 1.54) is 4.90 Å². The van der Waals surface area contributed by atoms with E-state index in [9.17, 15) is 13.6 Å². The lowest BCUT2D eigenvalue weighted by Crippen LogP contribution is -2.42. The molecule has 1 heterocycles. The Morgan fingerprint density at radius 2 is 1.71 bits per heavy atom. The van der Waals surface area contributed by atoms with Crippen LogP contribution >= 0.6 is 0 Å². The van der Waals surface area contributed by atoms with Crippen molar-refractivity contribution in [3.63, 3.8) is 0 Å². The van der Waals surface area contributed by atoms with Crippen molar-refractivity contribution in [2.24, 2.45) is 0 Å². The van der Waals surface area contributed by atoms with E-state index in [-0.39, 0.29) is 31.8 Å². The second kappa shape index (κ2) is 4.47. The minimum absolute atomic E-state index is 0.107. The molecule has 0 aromatic heterocycles. The van der Waals surface area contributed by atoms with E-state index in [4.69, 9.17) is 7.85 Å². The van der Waals surface area contributed by atoms with Crippen LogP contribution in [-0.4, -0.2) is 37.7 Å². The van der Waals surface area contributed by atoms with Crippen molar-refractivity contribution in [2.75, 3.05) is 13.1 Å². The summed E-state index contributed by atoms with van der Waals surface area (Å²) in [5.41, 5.74) is 1.07. The number of benzene rings is 1. The number of alkyl halides is 2. The first-order chi connectivity index (χ1) is 7.98. The second-order valence-corrected chi connectivity index (χ2v) is 4.27. The molecule has 0 atom stereocenters. The zero-order valence-electron chi connectivity index (χ0n) is 9.33. The maximum Gasteiger partial charge on any atom is 0.253 e.